The van der Waals surface area contributed by atoms with Crippen LogP contribution in [0.1, 0.15) is 35.7 Å². The fourth-order valence-corrected chi connectivity index (χ4v) is 4.78. The van der Waals surface area contributed by atoms with Crippen molar-refractivity contribution in [3.8, 4) is 11.3 Å². The van der Waals surface area contributed by atoms with Crippen molar-refractivity contribution in [1.29, 1.82) is 0 Å². The number of pyridine rings is 2. The summed E-state index contributed by atoms with van der Waals surface area (Å²) in [4.78, 5) is 38.8. The van der Waals surface area contributed by atoms with Crippen molar-refractivity contribution >= 4 is 16.9 Å². The number of hydrogen-bond acceptors (Lipinski definition) is 5. The van der Waals surface area contributed by atoms with Gasteiger partial charge in [-0.15, -0.1) is 0 Å². The first-order valence-electron chi connectivity index (χ1n) is 9.68. The Morgan fingerprint density at radius 1 is 1.23 bits per heavy atom. The molecule has 7 nitrogen and oxygen atoms in total. The number of fused-ring (bicyclic) bond motifs is 5. The number of cyclic esters (lactones) is 1. The summed E-state index contributed by atoms with van der Waals surface area (Å²) in [5, 5.41) is 11.1. The zero-order chi connectivity index (χ0) is 21.5. The first-order valence-corrected chi connectivity index (χ1v) is 9.68. The van der Waals surface area contributed by atoms with E-state index in [-0.39, 0.29) is 47.1 Å². The van der Waals surface area contributed by atoms with E-state index in [2.05, 4.69) is 0 Å². The van der Waals surface area contributed by atoms with Crippen LogP contribution in [0.2, 0.25) is 0 Å². The third-order valence-corrected chi connectivity index (χ3v) is 6.37. The maximum Gasteiger partial charge on any atom is 0.343 e. The molecule has 5 rings (SSSR count). The number of ether oxygens (including phenoxy) is 1. The highest BCUT2D eigenvalue weighted by atomic mass is 19.1. The summed E-state index contributed by atoms with van der Waals surface area (Å²) >= 11 is 0. The molecule has 4 heterocycles. The van der Waals surface area contributed by atoms with E-state index in [1.807, 2.05) is 0 Å². The molecule has 0 saturated heterocycles. The molecule has 0 fully saturated rings. The van der Waals surface area contributed by atoms with Crippen LogP contribution >= 0.6 is 0 Å². The lowest BCUT2D eigenvalue weighted by Gasteiger charge is -2.31. The summed E-state index contributed by atoms with van der Waals surface area (Å²) in [6.07, 6.45) is 0.0225. The monoisotopic (exact) mass is 410 g/mol. The Bertz CT molecular complexity index is 1420. The third-order valence-electron chi connectivity index (χ3n) is 6.37. The van der Waals surface area contributed by atoms with Crippen LogP contribution < -0.4 is 11.0 Å². The van der Waals surface area contributed by atoms with Gasteiger partial charge in [0.05, 0.1) is 34.6 Å². The van der Waals surface area contributed by atoms with Crippen molar-refractivity contribution in [2.24, 2.45) is 7.05 Å². The van der Waals surface area contributed by atoms with E-state index in [4.69, 9.17) is 4.74 Å². The minimum absolute atomic E-state index is 0.0225. The van der Waals surface area contributed by atoms with E-state index in [1.54, 1.807) is 25.5 Å². The van der Waals surface area contributed by atoms with E-state index in [1.165, 1.54) is 22.8 Å². The van der Waals surface area contributed by atoms with Gasteiger partial charge in [-0.05, 0) is 37.1 Å². The second-order valence-corrected chi connectivity index (χ2v) is 7.93. The average Bonchev–Trinajstić information content (AvgIpc) is 3.09. The molecular formula is C22H19FN2O5. The van der Waals surface area contributed by atoms with Gasteiger partial charge in [-0.25, -0.2) is 9.18 Å². The van der Waals surface area contributed by atoms with Crippen LogP contribution in [0.15, 0.2) is 27.8 Å². The third kappa shape index (κ3) is 2.14. The first kappa shape index (κ1) is 18.7. The van der Waals surface area contributed by atoms with E-state index in [0.29, 0.717) is 22.5 Å². The Hall–Kier alpha value is -3.26. The SMILES string of the molecule is CC[C@@]1(O)C(=O)OCc2c1cc1n(c2=O)Cc2c-1c(=O)c1cc(F)cc(C)c1n2C. The summed E-state index contributed by atoms with van der Waals surface area (Å²) in [7, 11) is 1.78. The van der Waals surface area contributed by atoms with Gasteiger partial charge in [-0.1, -0.05) is 6.92 Å². The van der Waals surface area contributed by atoms with E-state index < -0.39 is 22.9 Å². The summed E-state index contributed by atoms with van der Waals surface area (Å²) in [6, 6.07) is 4.10. The minimum atomic E-state index is -1.95. The van der Waals surface area contributed by atoms with Crippen LogP contribution in [-0.2, 0) is 35.3 Å². The van der Waals surface area contributed by atoms with Gasteiger partial charge in [-0.3, -0.25) is 9.59 Å². The highest BCUT2D eigenvalue weighted by Gasteiger charge is 2.45. The van der Waals surface area contributed by atoms with Crippen molar-refractivity contribution < 1.29 is 19.0 Å². The zero-order valence-corrected chi connectivity index (χ0v) is 16.7. The number of hydrogen-bond donors (Lipinski definition) is 1. The average molecular weight is 410 g/mol. The summed E-state index contributed by atoms with van der Waals surface area (Å²) in [5.41, 5.74) is 0.0784. The Labute approximate surface area is 169 Å². The Morgan fingerprint density at radius 2 is 1.97 bits per heavy atom. The van der Waals surface area contributed by atoms with Gasteiger partial charge in [-0.2, -0.15) is 0 Å². The highest BCUT2D eigenvalue weighted by molar-refractivity contribution is 5.89. The quantitative estimate of drug-likeness (QED) is 0.484. The lowest BCUT2D eigenvalue weighted by atomic mass is 9.85. The molecule has 0 aliphatic carbocycles. The normalized spacial score (nSPS) is 19.4. The van der Waals surface area contributed by atoms with E-state index >= 15 is 0 Å². The number of rotatable bonds is 1. The molecule has 0 spiro atoms. The first-order chi connectivity index (χ1) is 14.2. The summed E-state index contributed by atoms with van der Waals surface area (Å²) < 4.78 is 22.4. The fourth-order valence-electron chi connectivity index (χ4n) is 4.78. The van der Waals surface area contributed by atoms with Crippen LogP contribution in [-0.4, -0.2) is 20.2 Å². The maximum absolute atomic E-state index is 14.0. The van der Waals surface area contributed by atoms with Gasteiger partial charge in [0.25, 0.3) is 5.56 Å². The van der Waals surface area contributed by atoms with Crippen molar-refractivity contribution in [2.75, 3.05) is 0 Å². The number of aliphatic hydroxyl groups is 1. The van der Waals surface area contributed by atoms with Crippen molar-refractivity contribution in [1.82, 2.24) is 9.13 Å². The van der Waals surface area contributed by atoms with Gasteiger partial charge in [0.1, 0.15) is 12.4 Å². The molecule has 2 aromatic heterocycles. The number of esters is 1. The molecule has 0 unspecified atom stereocenters. The molecule has 0 radical (unpaired) electrons. The number of aryl methyl sites for hydroxylation is 2. The number of aromatic nitrogens is 2. The van der Waals surface area contributed by atoms with Crippen LogP contribution in [0, 0.1) is 12.7 Å². The van der Waals surface area contributed by atoms with Crippen molar-refractivity contribution in [2.45, 2.75) is 39.0 Å². The van der Waals surface area contributed by atoms with Crippen molar-refractivity contribution in [3.63, 3.8) is 0 Å². The number of carbonyl (C=O) groups is 1. The standard InChI is InChI=1S/C22H19FN2O5/c1-4-22(29)14-7-15-17-16(8-25(15)20(27)13(14)9-30-21(22)28)24(3)18-10(2)5-11(23)6-12(18)19(17)26/h5-7,29H,4,8-9H2,1-3H3/t22-/m0/s1. The predicted octanol–water partition coefficient (Wildman–Crippen LogP) is 1.83. The molecule has 0 saturated carbocycles. The molecule has 3 aromatic rings. The second kappa shape index (κ2) is 5.89. The van der Waals surface area contributed by atoms with Crippen molar-refractivity contribution in [3.05, 3.63) is 67.0 Å². The molecule has 8 heteroatoms. The van der Waals surface area contributed by atoms with Crippen LogP contribution in [0.5, 0.6) is 0 Å². The van der Waals surface area contributed by atoms with Crippen LogP contribution in [0.3, 0.4) is 0 Å². The summed E-state index contributed by atoms with van der Waals surface area (Å²) in [6.45, 7) is 3.28. The molecule has 2 aliphatic heterocycles. The molecule has 0 bridgehead atoms. The second-order valence-electron chi connectivity index (χ2n) is 7.93. The number of carbonyl (C=O) groups excluding carboxylic acids is 1. The fraction of sp³-hybridized carbons (Fsp3) is 0.318. The molecule has 1 aromatic carbocycles. The van der Waals surface area contributed by atoms with E-state index in [0.717, 1.165) is 0 Å². The lowest BCUT2D eigenvalue weighted by Crippen LogP contribution is -2.44. The topological polar surface area (TPSA) is 90.5 Å². The van der Waals surface area contributed by atoms with Crippen LogP contribution in [0.4, 0.5) is 4.39 Å². The Morgan fingerprint density at radius 3 is 2.67 bits per heavy atom. The molecule has 30 heavy (non-hydrogen) atoms. The molecule has 1 N–H and O–H groups in total. The summed E-state index contributed by atoms with van der Waals surface area (Å²) in [5.74, 6) is -1.33. The smallest absolute Gasteiger partial charge is 0.343 e. The number of benzene rings is 1. The maximum atomic E-state index is 14.0. The van der Waals surface area contributed by atoms with Gasteiger partial charge in [0.2, 0.25) is 0 Å². The molecule has 1 atom stereocenters. The number of halogens is 1. The molecular weight excluding hydrogens is 391 g/mol. The predicted molar refractivity (Wildman–Crippen MR) is 107 cm³/mol. The largest absolute Gasteiger partial charge is 0.458 e. The lowest BCUT2D eigenvalue weighted by molar-refractivity contribution is -0.172. The van der Waals surface area contributed by atoms with Gasteiger partial charge >= 0.3 is 5.97 Å². The van der Waals surface area contributed by atoms with Gasteiger partial charge in [0, 0.05) is 18.0 Å². The molecule has 0 amide bonds. The zero-order valence-electron chi connectivity index (χ0n) is 16.7. The molecule has 154 valence electrons. The Balaban J connectivity index is 1.91. The highest BCUT2D eigenvalue weighted by Crippen LogP contribution is 2.38. The Kier molecular flexibility index (Phi) is 3.68. The minimum Gasteiger partial charge on any atom is -0.458 e. The number of nitrogens with zero attached hydrogens (tertiary/aromatic N) is 2. The van der Waals surface area contributed by atoms with Crippen LogP contribution in [0.25, 0.3) is 22.2 Å². The van der Waals surface area contributed by atoms with Gasteiger partial charge < -0.3 is 19.0 Å². The van der Waals surface area contributed by atoms with E-state index in [9.17, 15) is 23.9 Å². The van der Waals surface area contributed by atoms with Gasteiger partial charge in [0.15, 0.2) is 11.0 Å². The molecule has 2 aliphatic rings.